The summed E-state index contributed by atoms with van der Waals surface area (Å²) in [5.41, 5.74) is 1.17. The van der Waals surface area contributed by atoms with E-state index in [0.29, 0.717) is 6.42 Å². The Kier molecular flexibility index (Phi) is 2.03. The first-order chi connectivity index (χ1) is 4.97. The minimum Gasteiger partial charge on any atom is -0.384 e. The van der Waals surface area contributed by atoms with E-state index in [1.807, 2.05) is 0 Å². The Morgan fingerprint density at radius 1 is 1.36 bits per heavy atom. The zero-order valence-electron chi connectivity index (χ0n) is 7.40. The molecule has 11 heavy (non-hydrogen) atoms. The Balaban J connectivity index is 2.51. The molecule has 2 heteroatoms. The van der Waals surface area contributed by atoms with Gasteiger partial charge in [0.25, 0.3) is 0 Å². The molecule has 0 saturated heterocycles. The first kappa shape index (κ1) is 8.31. The van der Waals surface area contributed by atoms with Crippen molar-refractivity contribution in [2.45, 2.75) is 39.2 Å². The Hall–Kier alpha value is -0.790. The van der Waals surface area contributed by atoms with E-state index in [9.17, 15) is 4.79 Å². The summed E-state index contributed by atoms with van der Waals surface area (Å²) in [5.74, 6) is 0.247. The predicted octanol–water partition coefficient (Wildman–Crippen LogP) is 1.62. The van der Waals surface area contributed by atoms with Crippen LogP contribution in [0.2, 0.25) is 0 Å². The monoisotopic (exact) mass is 153 g/mol. The van der Waals surface area contributed by atoms with Crippen LogP contribution < -0.4 is 5.32 Å². The van der Waals surface area contributed by atoms with Crippen molar-refractivity contribution < 1.29 is 4.79 Å². The molecule has 1 rings (SSSR count). The van der Waals surface area contributed by atoms with Gasteiger partial charge in [0, 0.05) is 23.7 Å². The number of hydrogen-bond acceptors (Lipinski definition) is 2. The Morgan fingerprint density at radius 3 is 2.36 bits per heavy atom. The molecule has 62 valence electrons. The predicted molar refractivity (Wildman–Crippen MR) is 45.2 cm³/mol. The van der Waals surface area contributed by atoms with Crippen LogP contribution in [-0.2, 0) is 4.79 Å². The molecular weight excluding hydrogens is 138 g/mol. The number of hydrogen-bond donors (Lipinski definition) is 1. The molecule has 0 aromatic rings. The number of carbonyl (C=O) groups excluding carboxylic acids is 1. The molecule has 0 spiro atoms. The number of ketones is 1. The lowest BCUT2D eigenvalue weighted by molar-refractivity contribution is -0.114. The van der Waals surface area contributed by atoms with E-state index < -0.39 is 0 Å². The third kappa shape index (κ3) is 2.74. The molecule has 1 aliphatic carbocycles. The highest BCUT2D eigenvalue weighted by Gasteiger charge is 2.16. The highest BCUT2D eigenvalue weighted by atomic mass is 16.1. The van der Waals surface area contributed by atoms with Crippen LogP contribution in [0.3, 0.4) is 0 Å². The molecule has 0 atom stereocenters. The van der Waals surface area contributed by atoms with E-state index >= 15 is 0 Å². The molecule has 0 aromatic heterocycles. The van der Waals surface area contributed by atoms with Gasteiger partial charge in [-0.1, -0.05) is 0 Å². The van der Waals surface area contributed by atoms with Crippen LogP contribution in [0.25, 0.3) is 0 Å². The van der Waals surface area contributed by atoms with Crippen molar-refractivity contribution in [2.75, 3.05) is 0 Å². The summed E-state index contributed by atoms with van der Waals surface area (Å²) in [6.07, 6.45) is 3.28. The van der Waals surface area contributed by atoms with Gasteiger partial charge in [0.15, 0.2) is 5.78 Å². The van der Waals surface area contributed by atoms with Crippen molar-refractivity contribution in [2.24, 2.45) is 0 Å². The third-order valence-corrected chi connectivity index (χ3v) is 1.51. The lowest BCUT2D eigenvalue weighted by Crippen LogP contribution is -2.34. The van der Waals surface area contributed by atoms with Gasteiger partial charge in [0.2, 0.25) is 0 Å². The quantitative estimate of drug-likeness (QED) is 0.620. The smallest absolute Gasteiger partial charge is 0.157 e. The summed E-state index contributed by atoms with van der Waals surface area (Å²) in [6.45, 7) is 6.28. The van der Waals surface area contributed by atoms with Gasteiger partial charge in [-0.3, -0.25) is 4.79 Å². The largest absolute Gasteiger partial charge is 0.384 e. The number of carbonyl (C=O) groups is 1. The van der Waals surface area contributed by atoms with Crippen molar-refractivity contribution >= 4 is 5.78 Å². The molecule has 0 amide bonds. The Bertz CT molecular complexity index is 198. The normalized spacial score (nSPS) is 18.5. The number of rotatable bonds is 1. The Morgan fingerprint density at radius 2 is 2.00 bits per heavy atom. The first-order valence-corrected chi connectivity index (χ1v) is 3.99. The van der Waals surface area contributed by atoms with Gasteiger partial charge in [-0.05, 0) is 27.2 Å². The highest BCUT2D eigenvalue weighted by molar-refractivity contribution is 5.92. The number of nitrogens with one attached hydrogen (secondary N) is 1. The standard InChI is InChI=1S/C9H15NO/c1-9(2,3)10-7-4-5-8(11)6-7/h6,10H,4-5H2,1-3H3. The van der Waals surface area contributed by atoms with E-state index in [2.05, 4.69) is 26.1 Å². The maximum Gasteiger partial charge on any atom is 0.157 e. The van der Waals surface area contributed by atoms with E-state index in [1.54, 1.807) is 6.08 Å². The van der Waals surface area contributed by atoms with Crippen LogP contribution in [-0.4, -0.2) is 11.3 Å². The van der Waals surface area contributed by atoms with Gasteiger partial charge in [-0.25, -0.2) is 0 Å². The van der Waals surface area contributed by atoms with Crippen molar-refractivity contribution in [1.29, 1.82) is 0 Å². The minimum atomic E-state index is 0.0798. The molecule has 0 radical (unpaired) electrons. The molecule has 0 fully saturated rings. The van der Waals surface area contributed by atoms with Crippen molar-refractivity contribution in [3.8, 4) is 0 Å². The highest BCUT2D eigenvalue weighted by Crippen LogP contribution is 2.15. The van der Waals surface area contributed by atoms with Crippen molar-refractivity contribution in [3.05, 3.63) is 11.8 Å². The van der Waals surface area contributed by atoms with Crippen LogP contribution in [0.4, 0.5) is 0 Å². The fourth-order valence-electron chi connectivity index (χ4n) is 1.18. The van der Waals surface area contributed by atoms with E-state index in [-0.39, 0.29) is 11.3 Å². The first-order valence-electron chi connectivity index (χ1n) is 3.99. The van der Waals surface area contributed by atoms with Crippen molar-refractivity contribution in [3.63, 3.8) is 0 Å². The zero-order valence-corrected chi connectivity index (χ0v) is 7.40. The molecule has 0 aromatic carbocycles. The average molecular weight is 153 g/mol. The summed E-state index contributed by atoms with van der Waals surface area (Å²) >= 11 is 0. The van der Waals surface area contributed by atoms with Gasteiger partial charge < -0.3 is 5.32 Å². The fraction of sp³-hybridized carbons (Fsp3) is 0.667. The molecule has 0 aliphatic heterocycles. The molecular formula is C9H15NO. The van der Waals surface area contributed by atoms with Crippen LogP contribution >= 0.6 is 0 Å². The van der Waals surface area contributed by atoms with E-state index in [0.717, 1.165) is 12.1 Å². The maximum atomic E-state index is 10.8. The maximum absolute atomic E-state index is 10.8. The van der Waals surface area contributed by atoms with Gasteiger partial charge >= 0.3 is 0 Å². The van der Waals surface area contributed by atoms with Gasteiger partial charge in [0.05, 0.1) is 0 Å². The minimum absolute atomic E-state index is 0.0798. The average Bonchev–Trinajstić information content (AvgIpc) is 2.10. The van der Waals surface area contributed by atoms with Crippen molar-refractivity contribution in [1.82, 2.24) is 5.32 Å². The van der Waals surface area contributed by atoms with Gasteiger partial charge in [-0.2, -0.15) is 0 Å². The number of allylic oxidation sites excluding steroid dienone is 2. The van der Waals surface area contributed by atoms with Crippen LogP contribution in [0.15, 0.2) is 11.8 Å². The van der Waals surface area contributed by atoms with E-state index in [1.165, 1.54) is 0 Å². The summed E-state index contributed by atoms with van der Waals surface area (Å²) in [4.78, 5) is 10.8. The van der Waals surface area contributed by atoms with E-state index in [4.69, 9.17) is 0 Å². The van der Waals surface area contributed by atoms with Crippen LogP contribution in [0, 0.1) is 0 Å². The molecule has 0 bridgehead atoms. The third-order valence-electron chi connectivity index (χ3n) is 1.51. The van der Waals surface area contributed by atoms with Crippen LogP contribution in [0.1, 0.15) is 33.6 Å². The Labute approximate surface area is 67.7 Å². The summed E-state index contributed by atoms with van der Waals surface area (Å²) in [7, 11) is 0. The van der Waals surface area contributed by atoms with Crippen LogP contribution in [0.5, 0.6) is 0 Å². The van der Waals surface area contributed by atoms with Gasteiger partial charge in [0.1, 0.15) is 0 Å². The molecule has 0 saturated carbocycles. The zero-order chi connectivity index (χ0) is 8.48. The summed E-state index contributed by atoms with van der Waals surface area (Å²) in [6, 6.07) is 0. The molecule has 1 N–H and O–H groups in total. The summed E-state index contributed by atoms with van der Waals surface area (Å²) < 4.78 is 0. The van der Waals surface area contributed by atoms with Gasteiger partial charge in [-0.15, -0.1) is 0 Å². The topological polar surface area (TPSA) is 29.1 Å². The second kappa shape index (κ2) is 2.68. The second-order valence-electron chi connectivity index (χ2n) is 4.01. The second-order valence-corrected chi connectivity index (χ2v) is 4.01. The molecule has 0 unspecified atom stereocenters. The fourth-order valence-corrected chi connectivity index (χ4v) is 1.18. The molecule has 1 aliphatic rings. The molecule has 0 heterocycles. The lowest BCUT2D eigenvalue weighted by atomic mass is 10.1. The SMILES string of the molecule is CC(C)(C)NC1=CC(=O)CC1. The summed E-state index contributed by atoms with van der Waals surface area (Å²) in [5, 5.41) is 3.29. The lowest BCUT2D eigenvalue weighted by Gasteiger charge is -2.22. The molecule has 2 nitrogen and oxygen atoms in total.